The lowest BCUT2D eigenvalue weighted by molar-refractivity contribution is -0.148. The Kier molecular flexibility index (Phi) is 3.60. The van der Waals surface area contributed by atoms with Crippen LogP contribution in [-0.2, 0) is 16.1 Å². The van der Waals surface area contributed by atoms with Crippen molar-refractivity contribution in [1.29, 1.82) is 0 Å². The molecule has 15 heavy (non-hydrogen) atoms. The fourth-order valence-electron chi connectivity index (χ4n) is 1.07. The third-order valence-corrected chi connectivity index (χ3v) is 1.65. The van der Waals surface area contributed by atoms with Crippen LogP contribution < -0.4 is 5.56 Å². The summed E-state index contributed by atoms with van der Waals surface area (Å²) in [6.45, 7) is 5.13. The molecule has 0 saturated carbocycles. The third kappa shape index (κ3) is 3.53. The van der Waals surface area contributed by atoms with E-state index in [-0.39, 0.29) is 18.2 Å². The summed E-state index contributed by atoms with van der Waals surface area (Å²) < 4.78 is 5.98. The SMILES string of the molecule is Cc1cnn(CC(=O)OC(C)C)c(=O)c1. The highest BCUT2D eigenvalue weighted by molar-refractivity contribution is 5.69. The molecule has 0 aromatic carbocycles. The number of hydrogen-bond acceptors (Lipinski definition) is 4. The van der Waals surface area contributed by atoms with Gasteiger partial charge in [0.1, 0.15) is 6.54 Å². The number of nitrogens with zero attached hydrogens (tertiary/aromatic N) is 2. The molecule has 0 spiro atoms. The summed E-state index contributed by atoms with van der Waals surface area (Å²) in [5.41, 5.74) is 0.476. The van der Waals surface area contributed by atoms with Crippen LogP contribution in [0.25, 0.3) is 0 Å². The molecule has 0 unspecified atom stereocenters. The zero-order valence-corrected chi connectivity index (χ0v) is 9.06. The normalized spacial score (nSPS) is 10.4. The summed E-state index contributed by atoms with van der Waals surface area (Å²) in [6, 6.07) is 1.43. The first-order valence-corrected chi connectivity index (χ1v) is 4.72. The highest BCUT2D eigenvalue weighted by atomic mass is 16.5. The molecule has 0 amide bonds. The van der Waals surface area contributed by atoms with Gasteiger partial charge in [0.25, 0.3) is 5.56 Å². The number of aromatic nitrogens is 2. The zero-order chi connectivity index (χ0) is 11.4. The van der Waals surface area contributed by atoms with Crippen molar-refractivity contribution in [3.05, 3.63) is 28.2 Å². The molecule has 1 heterocycles. The van der Waals surface area contributed by atoms with Gasteiger partial charge in [-0.05, 0) is 26.3 Å². The Hall–Kier alpha value is -1.65. The maximum Gasteiger partial charge on any atom is 0.328 e. The lowest BCUT2D eigenvalue weighted by Crippen LogP contribution is -2.28. The first-order valence-electron chi connectivity index (χ1n) is 4.72. The molecule has 0 aliphatic heterocycles. The number of hydrogen-bond donors (Lipinski definition) is 0. The number of esters is 1. The van der Waals surface area contributed by atoms with Crippen molar-refractivity contribution in [2.24, 2.45) is 0 Å². The number of carbonyl (C=O) groups is 1. The average molecular weight is 210 g/mol. The number of carbonyl (C=O) groups excluding carboxylic acids is 1. The summed E-state index contributed by atoms with van der Waals surface area (Å²) in [6.07, 6.45) is 1.35. The lowest BCUT2D eigenvalue weighted by Gasteiger charge is -2.08. The maximum absolute atomic E-state index is 11.4. The van der Waals surface area contributed by atoms with Gasteiger partial charge in [0, 0.05) is 6.07 Å². The summed E-state index contributed by atoms with van der Waals surface area (Å²) in [4.78, 5) is 22.6. The van der Waals surface area contributed by atoms with Crippen LogP contribution >= 0.6 is 0 Å². The molecule has 0 atom stereocenters. The van der Waals surface area contributed by atoms with Gasteiger partial charge >= 0.3 is 5.97 Å². The largest absolute Gasteiger partial charge is 0.462 e. The van der Waals surface area contributed by atoms with E-state index in [0.29, 0.717) is 0 Å². The molecule has 5 nitrogen and oxygen atoms in total. The molecule has 0 bridgehead atoms. The van der Waals surface area contributed by atoms with E-state index in [0.717, 1.165) is 10.2 Å². The molecule has 0 fully saturated rings. The summed E-state index contributed by atoms with van der Waals surface area (Å²) in [5, 5.41) is 3.83. The minimum Gasteiger partial charge on any atom is -0.462 e. The predicted molar refractivity (Wildman–Crippen MR) is 54.5 cm³/mol. The number of ether oxygens (including phenoxy) is 1. The fraction of sp³-hybridized carbons (Fsp3) is 0.500. The monoisotopic (exact) mass is 210 g/mol. The Balaban J connectivity index is 2.73. The smallest absolute Gasteiger partial charge is 0.328 e. The minimum atomic E-state index is -0.455. The third-order valence-electron chi connectivity index (χ3n) is 1.65. The molecule has 0 aliphatic carbocycles. The maximum atomic E-state index is 11.4. The number of rotatable bonds is 3. The van der Waals surface area contributed by atoms with Crippen LogP contribution in [0.3, 0.4) is 0 Å². The van der Waals surface area contributed by atoms with Gasteiger partial charge in [-0.2, -0.15) is 5.10 Å². The van der Waals surface area contributed by atoms with Crippen LogP contribution in [-0.4, -0.2) is 21.9 Å². The number of aryl methyl sites for hydroxylation is 1. The van der Waals surface area contributed by atoms with E-state index < -0.39 is 5.97 Å². The van der Waals surface area contributed by atoms with Gasteiger partial charge in [-0.25, -0.2) is 4.68 Å². The molecule has 1 rings (SSSR count). The van der Waals surface area contributed by atoms with Crippen LogP contribution in [0.5, 0.6) is 0 Å². The van der Waals surface area contributed by atoms with Gasteiger partial charge in [0.2, 0.25) is 0 Å². The van der Waals surface area contributed by atoms with Crippen molar-refractivity contribution in [1.82, 2.24) is 9.78 Å². The molecule has 0 radical (unpaired) electrons. The quantitative estimate of drug-likeness (QED) is 0.682. The lowest BCUT2D eigenvalue weighted by atomic mass is 10.3. The Morgan fingerprint density at radius 3 is 2.80 bits per heavy atom. The van der Waals surface area contributed by atoms with E-state index in [1.165, 1.54) is 12.3 Å². The predicted octanol–water partition coefficient (Wildman–Crippen LogP) is 0.503. The molecule has 0 N–H and O–H groups in total. The average Bonchev–Trinajstić information content (AvgIpc) is 2.08. The Morgan fingerprint density at radius 1 is 1.60 bits per heavy atom. The zero-order valence-electron chi connectivity index (χ0n) is 9.06. The molecular weight excluding hydrogens is 196 g/mol. The molecular formula is C10H14N2O3. The second-order valence-corrected chi connectivity index (χ2v) is 3.57. The first kappa shape index (κ1) is 11.4. The van der Waals surface area contributed by atoms with E-state index in [2.05, 4.69) is 5.10 Å². The summed E-state index contributed by atoms with van der Waals surface area (Å²) in [5.74, 6) is -0.455. The molecule has 82 valence electrons. The Morgan fingerprint density at radius 2 is 2.27 bits per heavy atom. The second-order valence-electron chi connectivity index (χ2n) is 3.57. The van der Waals surface area contributed by atoms with Gasteiger partial charge in [-0.15, -0.1) is 0 Å². The molecule has 0 saturated heterocycles. The van der Waals surface area contributed by atoms with Crippen LogP contribution in [0.2, 0.25) is 0 Å². The van der Waals surface area contributed by atoms with Crippen LogP contribution in [0.4, 0.5) is 0 Å². The van der Waals surface area contributed by atoms with Crippen molar-refractivity contribution in [2.75, 3.05) is 0 Å². The second kappa shape index (κ2) is 4.72. The standard InChI is InChI=1S/C10H14N2O3/c1-7(2)15-10(14)6-12-9(13)4-8(3)5-11-12/h4-5,7H,6H2,1-3H3. The topological polar surface area (TPSA) is 61.2 Å². The van der Waals surface area contributed by atoms with Crippen LogP contribution in [0.15, 0.2) is 17.1 Å². The Labute approximate surface area is 87.7 Å². The van der Waals surface area contributed by atoms with Gasteiger partial charge in [-0.3, -0.25) is 9.59 Å². The van der Waals surface area contributed by atoms with E-state index in [1.807, 2.05) is 0 Å². The summed E-state index contributed by atoms with van der Waals surface area (Å²) >= 11 is 0. The highest BCUT2D eigenvalue weighted by Crippen LogP contribution is 1.92. The fourth-order valence-corrected chi connectivity index (χ4v) is 1.07. The van der Waals surface area contributed by atoms with Gasteiger partial charge in [-0.1, -0.05) is 0 Å². The van der Waals surface area contributed by atoms with Gasteiger partial charge in [0.05, 0.1) is 12.3 Å². The van der Waals surface area contributed by atoms with Crippen molar-refractivity contribution < 1.29 is 9.53 Å². The van der Waals surface area contributed by atoms with Crippen LogP contribution in [0, 0.1) is 6.92 Å². The van der Waals surface area contributed by atoms with Gasteiger partial charge < -0.3 is 4.74 Å². The molecule has 1 aromatic rings. The Bertz CT molecular complexity index is 409. The van der Waals surface area contributed by atoms with Crippen LogP contribution in [0.1, 0.15) is 19.4 Å². The van der Waals surface area contributed by atoms with E-state index in [4.69, 9.17) is 4.74 Å². The summed E-state index contributed by atoms with van der Waals surface area (Å²) in [7, 11) is 0. The molecule has 0 aliphatic rings. The molecule has 1 aromatic heterocycles. The van der Waals surface area contributed by atoms with Gasteiger partial charge in [0.15, 0.2) is 0 Å². The van der Waals surface area contributed by atoms with Crippen molar-refractivity contribution >= 4 is 5.97 Å². The van der Waals surface area contributed by atoms with Crippen molar-refractivity contribution in [3.8, 4) is 0 Å². The highest BCUT2D eigenvalue weighted by Gasteiger charge is 2.08. The molecule has 5 heteroatoms. The van der Waals surface area contributed by atoms with E-state index in [1.54, 1.807) is 20.8 Å². The first-order chi connectivity index (χ1) is 6.99. The van der Waals surface area contributed by atoms with E-state index in [9.17, 15) is 9.59 Å². The van der Waals surface area contributed by atoms with Crippen molar-refractivity contribution in [3.63, 3.8) is 0 Å². The van der Waals surface area contributed by atoms with E-state index >= 15 is 0 Å². The van der Waals surface area contributed by atoms with Crippen molar-refractivity contribution in [2.45, 2.75) is 33.4 Å². The minimum absolute atomic E-state index is 0.142.